The fraction of sp³-hybridized carbons (Fsp3) is 0.300. The van der Waals surface area contributed by atoms with Gasteiger partial charge in [0.2, 0.25) is 0 Å². The lowest BCUT2D eigenvalue weighted by atomic mass is 10.3. The van der Waals surface area contributed by atoms with Gasteiger partial charge in [-0.3, -0.25) is 4.99 Å². The molecule has 1 heterocycles. The van der Waals surface area contributed by atoms with Crippen molar-refractivity contribution >= 4 is 6.20 Å². The monoisotopic (exact) mass is 176 g/mol. The topological polar surface area (TPSA) is 35.8 Å². The molecule has 0 unspecified atom stereocenters. The van der Waals surface area contributed by atoms with Crippen LogP contribution in [0.1, 0.15) is 0 Å². The van der Waals surface area contributed by atoms with Crippen LogP contribution in [0.25, 0.3) is 6.20 Å². The van der Waals surface area contributed by atoms with Gasteiger partial charge in [0.25, 0.3) is 0 Å². The predicted molar refractivity (Wildman–Crippen MR) is 50.3 cm³/mol. The number of hydrogen-bond donors (Lipinski definition) is 1. The minimum atomic E-state index is 0.175. The average Bonchev–Trinajstić information content (AvgIpc) is 2.18. The van der Waals surface area contributed by atoms with Crippen molar-refractivity contribution in [1.29, 1.82) is 0 Å². The number of rotatable bonds is 2. The summed E-state index contributed by atoms with van der Waals surface area (Å²) in [5, 5.41) is 10.9. The second-order valence-electron chi connectivity index (χ2n) is 3.02. The van der Waals surface area contributed by atoms with Gasteiger partial charge in [-0.15, -0.1) is 0 Å². The molecule has 68 valence electrons. The van der Waals surface area contributed by atoms with Crippen LogP contribution in [0.4, 0.5) is 0 Å². The molecule has 0 atom stereocenters. The highest BCUT2D eigenvalue weighted by atomic mass is 16.3. The molecule has 0 aliphatic carbocycles. The largest absolute Gasteiger partial charge is 0.395 e. The van der Waals surface area contributed by atoms with Crippen LogP contribution in [0.3, 0.4) is 0 Å². The Hall–Kier alpha value is -1.35. The zero-order valence-corrected chi connectivity index (χ0v) is 7.35. The molecule has 0 radical (unpaired) electrons. The van der Waals surface area contributed by atoms with E-state index in [1.54, 1.807) is 0 Å². The normalized spacial score (nSPS) is 14.4. The van der Waals surface area contributed by atoms with Crippen molar-refractivity contribution in [3.8, 4) is 0 Å². The summed E-state index contributed by atoms with van der Waals surface area (Å²) < 4.78 is 0. The Bertz CT molecular complexity index is 400. The quantitative estimate of drug-likeness (QED) is 0.647. The van der Waals surface area contributed by atoms with Crippen LogP contribution in [0, 0.1) is 0 Å². The molecule has 1 aliphatic rings. The lowest BCUT2D eigenvalue weighted by Crippen LogP contribution is -2.36. The van der Waals surface area contributed by atoms with Crippen molar-refractivity contribution in [3.63, 3.8) is 0 Å². The van der Waals surface area contributed by atoms with Crippen LogP contribution in [0.15, 0.2) is 29.3 Å². The fourth-order valence-corrected chi connectivity index (χ4v) is 1.41. The van der Waals surface area contributed by atoms with Crippen LogP contribution in [0.5, 0.6) is 0 Å². The van der Waals surface area contributed by atoms with Gasteiger partial charge < -0.3 is 10.0 Å². The molecular weight excluding hydrogens is 164 g/mol. The third-order valence-corrected chi connectivity index (χ3v) is 2.07. The van der Waals surface area contributed by atoms with Gasteiger partial charge in [0.05, 0.1) is 12.0 Å². The van der Waals surface area contributed by atoms with Gasteiger partial charge in [-0.05, 0) is 6.07 Å². The lowest BCUT2D eigenvalue weighted by Gasteiger charge is -2.18. The Morgan fingerprint density at radius 1 is 1.38 bits per heavy atom. The molecule has 1 aromatic carbocycles. The molecule has 2 rings (SSSR count). The van der Waals surface area contributed by atoms with Crippen molar-refractivity contribution < 1.29 is 5.11 Å². The van der Waals surface area contributed by atoms with E-state index in [2.05, 4.69) is 4.99 Å². The number of para-hydroxylation sites is 1. The molecule has 0 saturated heterocycles. The Morgan fingerprint density at radius 3 is 3.08 bits per heavy atom. The Morgan fingerprint density at radius 2 is 2.23 bits per heavy atom. The van der Waals surface area contributed by atoms with Crippen LogP contribution in [-0.2, 0) is 0 Å². The highest BCUT2D eigenvalue weighted by Gasteiger charge is 2.01. The lowest BCUT2D eigenvalue weighted by molar-refractivity contribution is 0.247. The van der Waals surface area contributed by atoms with E-state index in [4.69, 9.17) is 5.11 Å². The number of aliphatic hydroxyl groups excluding tert-OH is 1. The third-order valence-electron chi connectivity index (χ3n) is 2.07. The minimum Gasteiger partial charge on any atom is -0.395 e. The molecule has 0 saturated carbocycles. The zero-order valence-electron chi connectivity index (χ0n) is 7.35. The van der Waals surface area contributed by atoms with Crippen LogP contribution in [-0.4, -0.2) is 29.8 Å². The van der Waals surface area contributed by atoms with E-state index in [-0.39, 0.29) is 6.61 Å². The standard InChI is InChI=1S/C10H12N2O/c13-6-5-12-7-9-3-1-2-4-10(9)11-8-12/h1-4,7,13H,5-6,8H2. The Balaban J connectivity index is 2.38. The van der Waals surface area contributed by atoms with Gasteiger partial charge in [0, 0.05) is 18.0 Å². The van der Waals surface area contributed by atoms with Crippen molar-refractivity contribution in [1.82, 2.24) is 4.90 Å². The number of nitrogens with zero attached hydrogens (tertiary/aromatic N) is 2. The van der Waals surface area contributed by atoms with Crippen molar-refractivity contribution in [2.45, 2.75) is 0 Å². The smallest absolute Gasteiger partial charge is 0.110 e. The first kappa shape index (κ1) is 8.26. The maximum Gasteiger partial charge on any atom is 0.110 e. The first-order valence-corrected chi connectivity index (χ1v) is 4.36. The summed E-state index contributed by atoms with van der Waals surface area (Å²) in [5.74, 6) is 0. The van der Waals surface area contributed by atoms with Gasteiger partial charge in [0.15, 0.2) is 0 Å². The van der Waals surface area contributed by atoms with E-state index in [0.29, 0.717) is 13.2 Å². The Labute approximate surface area is 76.6 Å². The van der Waals surface area contributed by atoms with Gasteiger partial charge in [-0.2, -0.15) is 0 Å². The number of β-amino-alcohol motifs (C(OH)–C–C–N with tert-alkyl or cyclic N) is 1. The first-order valence-electron chi connectivity index (χ1n) is 4.36. The van der Waals surface area contributed by atoms with Crippen LogP contribution < -0.4 is 10.6 Å². The molecular formula is C10H12N2O. The maximum atomic E-state index is 8.76. The molecule has 1 aromatic rings. The van der Waals surface area contributed by atoms with Crippen molar-refractivity contribution in [2.75, 3.05) is 19.8 Å². The summed E-state index contributed by atoms with van der Waals surface area (Å²) in [7, 11) is 0. The molecule has 3 nitrogen and oxygen atoms in total. The zero-order chi connectivity index (χ0) is 9.10. The summed E-state index contributed by atoms with van der Waals surface area (Å²) >= 11 is 0. The molecule has 0 spiro atoms. The van der Waals surface area contributed by atoms with Gasteiger partial charge in [-0.25, -0.2) is 0 Å². The predicted octanol–water partition coefficient (Wildman–Crippen LogP) is -0.690. The van der Waals surface area contributed by atoms with Crippen LogP contribution in [0.2, 0.25) is 0 Å². The number of aliphatic hydroxyl groups is 1. The summed E-state index contributed by atoms with van der Waals surface area (Å²) in [6.07, 6.45) is 2.04. The summed E-state index contributed by atoms with van der Waals surface area (Å²) in [6.45, 7) is 1.48. The average molecular weight is 176 g/mol. The highest BCUT2D eigenvalue weighted by molar-refractivity contribution is 5.23. The summed E-state index contributed by atoms with van der Waals surface area (Å²) in [6, 6.07) is 8.01. The molecule has 0 bridgehead atoms. The maximum absolute atomic E-state index is 8.76. The molecule has 13 heavy (non-hydrogen) atoms. The van der Waals surface area contributed by atoms with E-state index in [0.717, 1.165) is 10.6 Å². The van der Waals surface area contributed by atoms with Gasteiger partial charge in [-0.1, -0.05) is 18.2 Å². The Kier molecular flexibility index (Phi) is 2.27. The second-order valence-corrected chi connectivity index (χ2v) is 3.02. The number of hydrogen-bond acceptors (Lipinski definition) is 3. The van der Waals surface area contributed by atoms with Gasteiger partial charge >= 0.3 is 0 Å². The van der Waals surface area contributed by atoms with Crippen molar-refractivity contribution in [3.05, 3.63) is 34.8 Å². The molecule has 1 N–H and O–H groups in total. The van der Waals surface area contributed by atoms with Crippen molar-refractivity contribution in [2.24, 2.45) is 4.99 Å². The van der Waals surface area contributed by atoms with E-state index < -0.39 is 0 Å². The molecule has 0 amide bonds. The minimum absolute atomic E-state index is 0.175. The highest BCUT2D eigenvalue weighted by Crippen LogP contribution is 1.91. The molecule has 0 aromatic heterocycles. The summed E-state index contributed by atoms with van der Waals surface area (Å²) in [4.78, 5) is 6.38. The summed E-state index contributed by atoms with van der Waals surface area (Å²) in [5.41, 5.74) is 0. The second kappa shape index (κ2) is 3.58. The molecule has 0 fully saturated rings. The number of fused-ring (bicyclic) bond motifs is 1. The van der Waals surface area contributed by atoms with E-state index in [9.17, 15) is 0 Å². The fourth-order valence-electron chi connectivity index (χ4n) is 1.41. The third kappa shape index (κ3) is 1.70. The first-order chi connectivity index (χ1) is 6.40. The van der Waals surface area contributed by atoms with Gasteiger partial charge in [0.1, 0.15) is 6.67 Å². The molecule has 1 aliphatic heterocycles. The number of benzene rings is 1. The SMILES string of the molecule is OCCN1C=c2ccccc2=NC1. The molecule has 3 heteroatoms. The van der Waals surface area contributed by atoms with E-state index in [1.807, 2.05) is 35.4 Å². The van der Waals surface area contributed by atoms with E-state index >= 15 is 0 Å². The van der Waals surface area contributed by atoms with Crippen LogP contribution >= 0.6 is 0 Å². The van der Waals surface area contributed by atoms with E-state index in [1.165, 1.54) is 0 Å².